The van der Waals surface area contributed by atoms with Crippen LogP contribution in [0.15, 0.2) is 0 Å². The topological polar surface area (TPSA) is 101 Å². The summed E-state index contributed by atoms with van der Waals surface area (Å²) in [6.45, 7) is 1.92. The second-order valence-corrected chi connectivity index (χ2v) is 7.45. The molecule has 0 aromatic heterocycles. The van der Waals surface area contributed by atoms with Gasteiger partial charge in [-0.1, -0.05) is 19.8 Å². The maximum absolute atomic E-state index is 12.1. The molecule has 0 spiro atoms. The monoisotopic (exact) mass is 291 g/mol. The number of hydrogen-bond acceptors (Lipinski definition) is 4. The number of carboxylic acids is 1. The zero-order valence-corrected chi connectivity index (χ0v) is 12.1. The number of amides is 1. The molecule has 1 saturated carbocycles. The Hall–Kier alpha value is -1.11. The zero-order valence-electron chi connectivity index (χ0n) is 11.3. The van der Waals surface area contributed by atoms with Crippen molar-refractivity contribution in [2.45, 2.75) is 56.2 Å². The molecule has 110 valence electrons. The molecule has 1 amide bonds. The van der Waals surface area contributed by atoms with Crippen LogP contribution in [0.1, 0.15) is 45.4 Å². The fourth-order valence-electron chi connectivity index (χ4n) is 2.22. The Morgan fingerprint density at radius 1 is 1.37 bits per heavy atom. The summed E-state index contributed by atoms with van der Waals surface area (Å²) in [4.78, 5) is 23.2. The van der Waals surface area contributed by atoms with Gasteiger partial charge < -0.3 is 10.4 Å². The average Bonchev–Trinajstić information content (AvgIpc) is 2.19. The van der Waals surface area contributed by atoms with E-state index in [9.17, 15) is 18.0 Å². The molecule has 7 heteroatoms. The van der Waals surface area contributed by atoms with E-state index in [1.165, 1.54) is 0 Å². The summed E-state index contributed by atoms with van der Waals surface area (Å²) in [7, 11) is -3.52. The smallest absolute Gasteiger partial charge is 0.326 e. The van der Waals surface area contributed by atoms with E-state index in [0.717, 1.165) is 12.7 Å². The number of nitrogens with one attached hydrogen (secondary N) is 1. The summed E-state index contributed by atoms with van der Waals surface area (Å²) in [5, 5.41) is 11.4. The Balaban J connectivity index is 2.79. The van der Waals surface area contributed by atoms with Crippen LogP contribution in [-0.2, 0) is 19.4 Å². The number of carbonyl (C=O) groups excluding carboxylic acids is 1. The van der Waals surface area contributed by atoms with E-state index in [-0.39, 0.29) is 12.8 Å². The van der Waals surface area contributed by atoms with Crippen molar-refractivity contribution in [2.75, 3.05) is 6.26 Å². The van der Waals surface area contributed by atoms with E-state index in [0.29, 0.717) is 19.3 Å². The van der Waals surface area contributed by atoms with Crippen molar-refractivity contribution in [2.24, 2.45) is 0 Å². The van der Waals surface area contributed by atoms with Gasteiger partial charge in [0.2, 0.25) is 5.91 Å². The minimum absolute atomic E-state index is 0.276. The minimum atomic E-state index is -3.52. The van der Waals surface area contributed by atoms with Crippen molar-refractivity contribution in [1.29, 1.82) is 0 Å². The quantitative estimate of drug-likeness (QED) is 0.719. The van der Waals surface area contributed by atoms with Gasteiger partial charge in [-0.15, -0.1) is 0 Å². The van der Waals surface area contributed by atoms with Crippen molar-refractivity contribution in [3.63, 3.8) is 0 Å². The van der Waals surface area contributed by atoms with Gasteiger partial charge in [-0.05, 0) is 25.7 Å². The number of sulfone groups is 1. The molecule has 1 unspecified atom stereocenters. The highest BCUT2D eigenvalue weighted by Gasteiger charge is 2.53. The first-order valence-corrected chi connectivity index (χ1v) is 8.37. The minimum Gasteiger partial charge on any atom is -0.480 e. The Morgan fingerprint density at radius 2 is 1.95 bits per heavy atom. The van der Waals surface area contributed by atoms with Gasteiger partial charge in [-0.2, -0.15) is 0 Å². The summed E-state index contributed by atoms with van der Waals surface area (Å²) in [5.41, 5.74) is 0. The van der Waals surface area contributed by atoms with Gasteiger partial charge in [0.25, 0.3) is 0 Å². The largest absolute Gasteiger partial charge is 0.480 e. The van der Waals surface area contributed by atoms with E-state index >= 15 is 0 Å². The Kier molecular flexibility index (Phi) is 4.95. The lowest BCUT2D eigenvalue weighted by atomic mass is 9.83. The summed E-state index contributed by atoms with van der Waals surface area (Å²) in [5.74, 6) is -1.78. The molecule has 19 heavy (non-hydrogen) atoms. The van der Waals surface area contributed by atoms with Crippen LogP contribution in [0.5, 0.6) is 0 Å². The van der Waals surface area contributed by atoms with Gasteiger partial charge in [-0.3, -0.25) is 4.79 Å². The first-order valence-electron chi connectivity index (χ1n) is 6.48. The van der Waals surface area contributed by atoms with E-state index in [1.807, 2.05) is 6.92 Å². The normalized spacial score (nSPS) is 19.3. The molecule has 1 fully saturated rings. The maximum Gasteiger partial charge on any atom is 0.326 e. The molecule has 0 aromatic rings. The van der Waals surface area contributed by atoms with E-state index in [4.69, 9.17) is 5.11 Å². The van der Waals surface area contributed by atoms with Crippen molar-refractivity contribution in [3.8, 4) is 0 Å². The van der Waals surface area contributed by atoms with E-state index in [2.05, 4.69) is 5.32 Å². The highest BCUT2D eigenvalue weighted by molar-refractivity contribution is 7.93. The third kappa shape index (κ3) is 3.26. The number of unbranched alkanes of at least 4 members (excludes halogenated alkanes) is 1. The molecule has 0 aromatic carbocycles. The van der Waals surface area contributed by atoms with Crippen LogP contribution in [0.4, 0.5) is 0 Å². The van der Waals surface area contributed by atoms with Gasteiger partial charge >= 0.3 is 5.97 Å². The van der Waals surface area contributed by atoms with Crippen molar-refractivity contribution in [1.82, 2.24) is 5.32 Å². The summed E-state index contributed by atoms with van der Waals surface area (Å²) < 4.78 is 22.1. The highest BCUT2D eigenvalue weighted by Crippen LogP contribution is 2.39. The lowest BCUT2D eigenvalue weighted by molar-refractivity contribution is -0.142. The van der Waals surface area contributed by atoms with Gasteiger partial charge in [0.15, 0.2) is 9.84 Å². The van der Waals surface area contributed by atoms with Gasteiger partial charge in [0, 0.05) is 6.26 Å². The lowest BCUT2D eigenvalue weighted by Crippen LogP contribution is -2.59. The van der Waals surface area contributed by atoms with E-state index in [1.54, 1.807) is 0 Å². The summed E-state index contributed by atoms with van der Waals surface area (Å²) >= 11 is 0. The van der Waals surface area contributed by atoms with Gasteiger partial charge in [0.1, 0.15) is 10.8 Å². The SMILES string of the molecule is CCCCC(NC(=O)C1(S(C)(=O)=O)CCC1)C(=O)O. The molecule has 2 N–H and O–H groups in total. The third-order valence-electron chi connectivity index (χ3n) is 3.73. The number of hydrogen-bond donors (Lipinski definition) is 2. The summed E-state index contributed by atoms with van der Waals surface area (Å²) in [6.07, 6.45) is 4.06. The maximum atomic E-state index is 12.1. The molecule has 1 atom stereocenters. The van der Waals surface area contributed by atoms with Crippen LogP contribution in [0.2, 0.25) is 0 Å². The molecule has 0 aliphatic heterocycles. The Labute approximate surface area is 113 Å². The average molecular weight is 291 g/mol. The molecule has 1 rings (SSSR count). The van der Waals surface area contributed by atoms with Crippen LogP contribution in [0.3, 0.4) is 0 Å². The molecule has 1 aliphatic rings. The van der Waals surface area contributed by atoms with Crippen molar-refractivity contribution in [3.05, 3.63) is 0 Å². The Bertz CT molecular complexity index is 453. The predicted molar refractivity (Wildman–Crippen MR) is 70.5 cm³/mol. The van der Waals surface area contributed by atoms with Crippen LogP contribution >= 0.6 is 0 Å². The van der Waals surface area contributed by atoms with Crippen LogP contribution < -0.4 is 5.32 Å². The zero-order chi connectivity index (χ0) is 14.7. The second kappa shape index (κ2) is 5.90. The molecule has 0 radical (unpaired) electrons. The second-order valence-electron chi connectivity index (χ2n) is 5.13. The fourth-order valence-corrected chi connectivity index (χ4v) is 3.65. The first-order chi connectivity index (χ1) is 8.74. The predicted octanol–water partition coefficient (Wildman–Crippen LogP) is 0.713. The number of carbonyl (C=O) groups is 2. The Morgan fingerprint density at radius 3 is 2.26 bits per heavy atom. The number of carboxylic acid groups (broad SMARTS) is 1. The van der Waals surface area contributed by atoms with Crippen LogP contribution in [0.25, 0.3) is 0 Å². The molecule has 1 aliphatic carbocycles. The molecule has 0 bridgehead atoms. The molecular formula is C12H21NO5S. The van der Waals surface area contributed by atoms with Crippen LogP contribution in [0, 0.1) is 0 Å². The first kappa shape index (κ1) is 15.9. The van der Waals surface area contributed by atoms with E-state index < -0.39 is 32.5 Å². The van der Waals surface area contributed by atoms with Crippen LogP contribution in [-0.4, -0.2) is 42.4 Å². The molecule has 6 nitrogen and oxygen atoms in total. The molecule has 0 heterocycles. The standard InChI is InChI=1S/C12H21NO5S/c1-3-4-6-9(10(14)15)13-11(16)12(7-5-8-12)19(2,17)18/h9H,3-8H2,1-2H3,(H,13,16)(H,14,15). The summed E-state index contributed by atoms with van der Waals surface area (Å²) in [6, 6.07) is -1.01. The van der Waals surface area contributed by atoms with Gasteiger partial charge in [0.05, 0.1) is 0 Å². The fraction of sp³-hybridized carbons (Fsp3) is 0.833. The highest BCUT2D eigenvalue weighted by atomic mass is 32.2. The van der Waals surface area contributed by atoms with Gasteiger partial charge in [-0.25, -0.2) is 13.2 Å². The number of rotatable bonds is 7. The van der Waals surface area contributed by atoms with Crippen molar-refractivity contribution < 1.29 is 23.1 Å². The van der Waals surface area contributed by atoms with Crippen molar-refractivity contribution >= 4 is 21.7 Å². The molecular weight excluding hydrogens is 270 g/mol. The molecule has 0 saturated heterocycles. The lowest BCUT2D eigenvalue weighted by Gasteiger charge is -2.38. The third-order valence-corrected chi connectivity index (χ3v) is 5.75. The number of aliphatic carboxylic acids is 1.